The summed E-state index contributed by atoms with van der Waals surface area (Å²) in [5.41, 5.74) is 6.01. The SMILES string of the molecule is CCCCCCCCCCCCCCCCO[C@H](C)[C@@H](C[PH](=O)C(C)(C)C(C)N)OC(C)=O. The van der Waals surface area contributed by atoms with Gasteiger partial charge >= 0.3 is 5.97 Å². The first-order chi connectivity index (χ1) is 15.6. The maximum absolute atomic E-state index is 12.9. The Balaban J connectivity index is 3.91. The average Bonchev–Trinajstić information content (AvgIpc) is 2.75. The van der Waals surface area contributed by atoms with Gasteiger partial charge in [0.15, 0.2) is 0 Å². The Morgan fingerprint density at radius 3 is 1.67 bits per heavy atom. The Kier molecular flexibility index (Phi) is 19.6. The van der Waals surface area contributed by atoms with Crippen LogP contribution in [-0.4, -0.2) is 42.1 Å². The predicted octanol–water partition coefficient (Wildman–Crippen LogP) is 7.49. The van der Waals surface area contributed by atoms with E-state index in [1.165, 1.54) is 84.0 Å². The van der Waals surface area contributed by atoms with Gasteiger partial charge in [-0.25, -0.2) is 0 Å². The van der Waals surface area contributed by atoms with Gasteiger partial charge in [0.2, 0.25) is 0 Å². The Morgan fingerprint density at radius 2 is 1.27 bits per heavy atom. The highest BCUT2D eigenvalue weighted by molar-refractivity contribution is 7.46. The third-order valence-electron chi connectivity index (χ3n) is 6.96. The molecule has 0 bridgehead atoms. The van der Waals surface area contributed by atoms with Crippen molar-refractivity contribution in [3.8, 4) is 0 Å². The van der Waals surface area contributed by atoms with E-state index in [1.54, 1.807) is 0 Å². The molecule has 6 heteroatoms. The van der Waals surface area contributed by atoms with Crippen LogP contribution in [0.25, 0.3) is 0 Å². The van der Waals surface area contributed by atoms with Gasteiger partial charge in [0.25, 0.3) is 0 Å². The molecule has 5 nitrogen and oxygen atoms in total. The van der Waals surface area contributed by atoms with Crippen molar-refractivity contribution in [2.45, 2.75) is 155 Å². The molecule has 0 amide bonds. The fourth-order valence-corrected chi connectivity index (χ4v) is 5.70. The standard InChI is InChI=1S/C27H56NO4P/c1-7-8-9-10-11-12-13-14-15-16-17-18-19-20-21-31-23(2)26(32-25(4)29)22-33(30)27(5,6)24(3)28/h23-24,26,33H,7-22,28H2,1-6H3/t23-,24?,26-/m1/s1. The molecule has 0 saturated carbocycles. The quantitative estimate of drug-likeness (QED) is 0.0968. The molecule has 2 N–H and O–H groups in total. The zero-order valence-corrected chi connectivity index (χ0v) is 23.8. The smallest absolute Gasteiger partial charge is 0.303 e. The van der Waals surface area contributed by atoms with Crippen LogP contribution in [0.3, 0.4) is 0 Å². The van der Waals surface area contributed by atoms with E-state index in [4.69, 9.17) is 15.2 Å². The Morgan fingerprint density at radius 1 is 0.848 bits per heavy atom. The van der Waals surface area contributed by atoms with Crippen LogP contribution >= 0.6 is 7.80 Å². The van der Waals surface area contributed by atoms with E-state index in [2.05, 4.69) is 6.92 Å². The van der Waals surface area contributed by atoms with Gasteiger partial charge in [-0.2, -0.15) is 0 Å². The van der Waals surface area contributed by atoms with E-state index in [9.17, 15) is 9.36 Å². The summed E-state index contributed by atoms with van der Waals surface area (Å²) in [6, 6.07) is -0.186. The summed E-state index contributed by atoms with van der Waals surface area (Å²) in [5.74, 6) is -0.361. The normalized spacial score (nSPS) is 15.7. The molecule has 198 valence electrons. The van der Waals surface area contributed by atoms with Crippen molar-refractivity contribution < 1.29 is 18.8 Å². The van der Waals surface area contributed by atoms with E-state index in [-0.39, 0.29) is 18.1 Å². The van der Waals surface area contributed by atoms with Crippen molar-refractivity contribution in [1.29, 1.82) is 0 Å². The van der Waals surface area contributed by atoms with E-state index in [1.807, 2.05) is 27.7 Å². The van der Waals surface area contributed by atoms with Crippen LogP contribution in [0.4, 0.5) is 0 Å². The highest BCUT2D eigenvalue weighted by Gasteiger charge is 2.34. The van der Waals surface area contributed by atoms with Crippen LogP contribution in [0.15, 0.2) is 0 Å². The molecule has 0 radical (unpaired) electrons. The molecule has 0 heterocycles. The van der Waals surface area contributed by atoms with Gasteiger partial charge in [0, 0.05) is 30.9 Å². The van der Waals surface area contributed by atoms with Crippen LogP contribution in [0, 0.1) is 0 Å². The molecular formula is C27H56NO4P. The van der Waals surface area contributed by atoms with Crippen LogP contribution < -0.4 is 5.73 Å². The van der Waals surface area contributed by atoms with Crippen LogP contribution in [0.1, 0.15) is 131 Å². The van der Waals surface area contributed by atoms with Gasteiger partial charge in [0.1, 0.15) is 6.10 Å². The molecule has 0 fully saturated rings. The maximum atomic E-state index is 12.9. The summed E-state index contributed by atoms with van der Waals surface area (Å²) in [6.45, 7) is 11.9. The zero-order valence-electron chi connectivity index (χ0n) is 22.8. The molecule has 0 aromatic carbocycles. The number of ether oxygens (including phenoxy) is 2. The molecule has 4 atom stereocenters. The Hall–Kier alpha value is -0.380. The highest BCUT2D eigenvalue weighted by atomic mass is 31.1. The van der Waals surface area contributed by atoms with Crippen molar-refractivity contribution in [2.24, 2.45) is 5.73 Å². The average molecular weight is 490 g/mol. The highest BCUT2D eigenvalue weighted by Crippen LogP contribution is 2.42. The molecule has 0 saturated heterocycles. The Labute approximate surface area is 206 Å². The lowest BCUT2D eigenvalue weighted by molar-refractivity contribution is -0.152. The molecule has 0 aliphatic rings. The summed E-state index contributed by atoms with van der Waals surface area (Å²) >= 11 is 0. The number of esters is 1. The first kappa shape index (κ1) is 32.6. The van der Waals surface area contributed by atoms with Crippen molar-refractivity contribution in [3.63, 3.8) is 0 Å². The van der Waals surface area contributed by atoms with Crippen molar-refractivity contribution in [2.75, 3.05) is 12.8 Å². The van der Waals surface area contributed by atoms with Gasteiger partial charge < -0.3 is 19.8 Å². The maximum Gasteiger partial charge on any atom is 0.303 e. The lowest BCUT2D eigenvalue weighted by Gasteiger charge is -2.31. The topological polar surface area (TPSA) is 78.6 Å². The van der Waals surface area contributed by atoms with Gasteiger partial charge in [-0.3, -0.25) is 4.79 Å². The molecule has 0 spiro atoms. The van der Waals surface area contributed by atoms with Gasteiger partial charge in [-0.1, -0.05) is 104 Å². The molecule has 0 aliphatic heterocycles. The summed E-state index contributed by atoms with van der Waals surface area (Å²) in [7, 11) is -2.04. The van der Waals surface area contributed by atoms with Crippen LogP contribution in [-0.2, 0) is 18.8 Å². The van der Waals surface area contributed by atoms with E-state index < -0.39 is 19.1 Å². The number of nitrogens with two attached hydrogens (primary N) is 1. The minimum absolute atomic E-state index is 0.186. The second kappa shape index (κ2) is 19.9. The minimum atomic E-state index is -2.04. The third-order valence-corrected chi connectivity index (χ3v) is 9.63. The first-order valence-electron chi connectivity index (χ1n) is 13.7. The second-order valence-electron chi connectivity index (χ2n) is 10.5. The lowest BCUT2D eigenvalue weighted by atomic mass is 10.0. The first-order valence-corrected chi connectivity index (χ1v) is 15.3. The predicted molar refractivity (Wildman–Crippen MR) is 143 cm³/mol. The Bertz CT molecular complexity index is 510. The molecule has 0 aliphatic carbocycles. The van der Waals surface area contributed by atoms with Crippen LogP contribution in [0.5, 0.6) is 0 Å². The summed E-state index contributed by atoms with van der Waals surface area (Å²) in [4.78, 5) is 11.5. The van der Waals surface area contributed by atoms with E-state index in [0.29, 0.717) is 12.8 Å². The van der Waals surface area contributed by atoms with Crippen molar-refractivity contribution >= 4 is 13.8 Å². The molecule has 0 aromatic rings. The number of unbranched alkanes of at least 4 members (excludes halogenated alkanes) is 13. The van der Waals surface area contributed by atoms with Crippen molar-refractivity contribution in [3.05, 3.63) is 0 Å². The fraction of sp³-hybridized carbons (Fsp3) is 0.963. The molecule has 0 aromatic heterocycles. The van der Waals surface area contributed by atoms with E-state index in [0.717, 1.165) is 12.8 Å². The number of carbonyl (C=O) groups is 1. The molecular weight excluding hydrogens is 433 g/mol. The number of carbonyl (C=O) groups excluding carboxylic acids is 1. The monoisotopic (exact) mass is 489 g/mol. The number of rotatable bonds is 22. The largest absolute Gasteiger partial charge is 0.459 e. The van der Waals surface area contributed by atoms with E-state index >= 15 is 0 Å². The van der Waals surface area contributed by atoms with Crippen molar-refractivity contribution in [1.82, 2.24) is 0 Å². The summed E-state index contributed by atoms with van der Waals surface area (Å²) in [6.07, 6.45) is 18.1. The lowest BCUT2D eigenvalue weighted by Crippen LogP contribution is -2.41. The minimum Gasteiger partial charge on any atom is -0.459 e. The van der Waals surface area contributed by atoms with Gasteiger partial charge in [-0.15, -0.1) is 0 Å². The summed E-state index contributed by atoms with van der Waals surface area (Å²) in [5, 5.41) is -0.475. The molecule has 0 rings (SSSR count). The number of hydrogen-bond donors (Lipinski definition) is 1. The van der Waals surface area contributed by atoms with Gasteiger partial charge in [0.05, 0.1) is 13.9 Å². The summed E-state index contributed by atoms with van der Waals surface area (Å²) < 4.78 is 24.3. The third kappa shape index (κ3) is 16.8. The number of hydrogen-bond acceptors (Lipinski definition) is 5. The van der Waals surface area contributed by atoms with Gasteiger partial charge in [-0.05, 0) is 20.3 Å². The second-order valence-corrected chi connectivity index (χ2v) is 13.0. The zero-order chi connectivity index (χ0) is 25.1. The fourth-order valence-electron chi connectivity index (χ4n) is 3.89. The van der Waals surface area contributed by atoms with Crippen LogP contribution in [0.2, 0.25) is 0 Å². The molecule has 2 unspecified atom stereocenters. The molecule has 33 heavy (non-hydrogen) atoms.